The van der Waals surface area contributed by atoms with Crippen molar-refractivity contribution in [3.05, 3.63) is 78.6 Å². The van der Waals surface area contributed by atoms with Crippen LogP contribution in [0.4, 0.5) is 17.2 Å². The predicted octanol–water partition coefficient (Wildman–Crippen LogP) is 5.03. The van der Waals surface area contributed by atoms with E-state index in [2.05, 4.69) is 20.3 Å². The molecule has 4 aromatic rings. The summed E-state index contributed by atoms with van der Waals surface area (Å²) < 4.78 is 11.1. The third-order valence-corrected chi connectivity index (χ3v) is 4.34. The standard InChI is InChI=1S/C23H21N5O2/c1-2-29-23-19(10-5-16-4-3-11-25-13-16)20(24)12-22(28-23)27-18-8-6-17(7-9-18)21-14-26-15-30-21/h3-15H,2H2,1H3,(H3,24,27,28)/b10-5+. The lowest BCUT2D eigenvalue weighted by atomic mass is 10.1. The van der Waals surface area contributed by atoms with Crippen molar-refractivity contribution in [3.63, 3.8) is 0 Å². The van der Waals surface area contributed by atoms with E-state index in [1.54, 1.807) is 24.7 Å². The van der Waals surface area contributed by atoms with Gasteiger partial charge in [0.15, 0.2) is 12.2 Å². The summed E-state index contributed by atoms with van der Waals surface area (Å²) in [5.41, 5.74) is 10.4. The topological polar surface area (TPSA) is 99.1 Å². The quantitative estimate of drug-likeness (QED) is 0.450. The minimum absolute atomic E-state index is 0.471. The molecule has 0 aliphatic heterocycles. The van der Waals surface area contributed by atoms with Gasteiger partial charge in [-0.05, 0) is 48.9 Å². The van der Waals surface area contributed by atoms with Crippen LogP contribution >= 0.6 is 0 Å². The minimum atomic E-state index is 0.471. The zero-order chi connectivity index (χ0) is 20.8. The van der Waals surface area contributed by atoms with Gasteiger partial charge in [-0.2, -0.15) is 4.98 Å². The number of pyridine rings is 2. The Morgan fingerprint density at radius 2 is 1.97 bits per heavy atom. The van der Waals surface area contributed by atoms with Crippen molar-refractivity contribution >= 4 is 29.3 Å². The summed E-state index contributed by atoms with van der Waals surface area (Å²) in [6.07, 6.45) is 10.4. The third-order valence-electron chi connectivity index (χ3n) is 4.34. The average molecular weight is 399 g/mol. The Bertz CT molecular complexity index is 1120. The second-order valence-electron chi connectivity index (χ2n) is 6.44. The summed E-state index contributed by atoms with van der Waals surface area (Å²) in [5.74, 6) is 1.78. The Hall–Kier alpha value is -4.13. The molecule has 3 aromatic heterocycles. The summed E-state index contributed by atoms with van der Waals surface area (Å²) in [6, 6.07) is 13.4. The van der Waals surface area contributed by atoms with Crippen molar-refractivity contribution in [3.8, 4) is 17.2 Å². The van der Waals surface area contributed by atoms with E-state index in [4.69, 9.17) is 14.9 Å². The van der Waals surface area contributed by atoms with Gasteiger partial charge >= 0.3 is 0 Å². The van der Waals surface area contributed by atoms with E-state index < -0.39 is 0 Å². The maximum atomic E-state index is 6.31. The molecule has 0 bridgehead atoms. The summed E-state index contributed by atoms with van der Waals surface area (Å²) in [5, 5.41) is 3.27. The molecule has 3 heterocycles. The summed E-state index contributed by atoms with van der Waals surface area (Å²) in [7, 11) is 0. The number of ether oxygens (including phenoxy) is 1. The molecule has 0 saturated carbocycles. The van der Waals surface area contributed by atoms with Crippen LogP contribution in [0, 0.1) is 0 Å². The largest absolute Gasteiger partial charge is 0.477 e. The zero-order valence-electron chi connectivity index (χ0n) is 16.4. The molecule has 0 fully saturated rings. The van der Waals surface area contributed by atoms with E-state index >= 15 is 0 Å². The Labute approximate surface area is 174 Å². The first-order valence-electron chi connectivity index (χ1n) is 9.50. The Morgan fingerprint density at radius 3 is 2.67 bits per heavy atom. The first kappa shape index (κ1) is 19.2. The van der Waals surface area contributed by atoms with Crippen molar-refractivity contribution in [2.45, 2.75) is 6.92 Å². The van der Waals surface area contributed by atoms with Crippen LogP contribution in [-0.2, 0) is 0 Å². The predicted molar refractivity (Wildman–Crippen MR) is 118 cm³/mol. The Balaban J connectivity index is 1.57. The zero-order valence-corrected chi connectivity index (χ0v) is 16.4. The molecule has 0 radical (unpaired) electrons. The second-order valence-corrected chi connectivity index (χ2v) is 6.44. The van der Waals surface area contributed by atoms with Gasteiger partial charge in [-0.25, -0.2) is 4.98 Å². The normalized spacial score (nSPS) is 11.0. The molecule has 3 N–H and O–H groups in total. The summed E-state index contributed by atoms with van der Waals surface area (Å²) >= 11 is 0. The van der Waals surface area contributed by atoms with Gasteiger partial charge < -0.3 is 20.2 Å². The highest BCUT2D eigenvalue weighted by atomic mass is 16.5. The first-order valence-corrected chi connectivity index (χ1v) is 9.50. The van der Waals surface area contributed by atoms with Crippen molar-refractivity contribution in [2.24, 2.45) is 0 Å². The second kappa shape index (κ2) is 8.91. The van der Waals surface area contributed by atoms with E-state index in [1.807, 2.05) is 55.5 Å². The first-order chi connectivity index (χ1) is 14.7. The van der Waals surface area contributed by atoms with E-state index in [1.165, 1.54) is 6.39 Å². The van der Waals surface area contributed by atoms with Crippen LogP contribution in [0.15, 0.2) is 71.9 Å². The van der Waals surface area contributed by atoms with Gasteiger partial charge in [0.05, 0.1) is 18.4 Å². The highest BCUT2D eigenvalue weighted by Crippen LogP contribution is 2.30. The third kappa shape index (κ3) is 4.47. The lowest BCUT2D eigenvalue weighted by molar-refractivity contribution is 0.327. The molecule has 0 amide bonds. The SMILES string of the molecule is CCOc1nc(Nc2ccc(-c3cnco3)cc2)cc(N)c1/C=C/c1cccnc1. The number of nitrogens with zero attached hydrogens (tertiary/aromatic N) is 3. The number of anilines is 3. The molecule has 150 valence electrons. The highest BCUT2D eigenvalue weighted by Gasteiger charge is 2.11. The van der Waals surface area contributed by atoms with Crippen molar-refractivity contribution in [2.75, 3.05) is 17.7 Å². The number of nitrogens with two attached hydrogens (primary N) is 1. The average Bonchev–Trinajstić information content (AvgIpc) is 3.30. The number of aromatic nitrogens is 3. The number of rotatable bonds is 7. The van der Waals surface area contributed by atoms with Gasteiger partial charge in [0.1, 0.15) is 5.82 Å². The molecule has 7 nitrogen and oxygen atoms in total. The van der Waals surface area contributed by atoms with Gasteiger partial charge in [0.25, 0.3) is 0 Å². The van der Waals surface area contributed by atoms with Crippen LogP contribution < -0.4 is 15.8 Å². The number of benzene rings is 1. The summed E-state index contributed by atoms with van der Waals surface area (Å²) in [4.78, 5) is 12.6. The van der Waals surface area contributed by atoms with Crippen molar-refractivity contribution in [1.82, 2.24) is 15.0 Å². The van der Waals surface area contributed by atoms with Crippen LogP contribution in [0.5, 0.6) is 5.88 Å². The van der Waals surface area contributed by atoms with Crippen LogP contribution in [0.25, 0.3) is 23.5 Å². The molecule has 0 aliphatic carbocycles. The molecular weight excluding hydrogens is 378 g/mol. The molecule has 4 rings (SSSR count). The van der Waals surface area contributed by atoms with Crippen LogP contribution in [0.1, 0.15) is 18.1 Å². The van der Waals surface area contributed by atoms with Gasteiger partial charge in [-0.1, -0.05) is 12.1 Å². The number of hydrogen-bond donors (Lipinski definition) is 2. The Kier molecular flexibility index (Phi) is 5.70. The fourth-order valence-electron chi connectivity index (χ4n) is 2.91. The fourth-order valence-corrected chi connectivity index (χ4v) is 2.91. The maximum Gasteiger partial charge on any atom is 0.224 e. The maximum absolute atomic E-state index is 6.31. The molecular formula is C23H21N5O2. The molecule has 0 spiro atoms. The number of oxazole rings is 1. The smallest absolute Gasteiger partial charge is 0.224 e. The van der Waals surface area contributed by atoms with E-state index in [0.717, 1.165) is 22.4 Å². The highest BCUT2D eigenvalue weighted by molar-refractivity contribution is 5.80. The fraction of sp³-hybridized carbons (Fsp3) is 0.0870. The molecule has 0 saturated heterocycles. The van der Waals surface area contributed by atoms with Crippen LogP contribution in [0.2, 0.25) is 0 Å². The van der Waals surface area contributed by atoms with Gasteiger partial charge in [-0.3, -0.25) is 4.98 Å². The molecule has 0 unspecified atom stereocenters. The van der Waals surface area contributed by atoms with Crippen LogP contribution in [0.3, 0.4) is 0 Å². The number of nitrogens with one attached hydrogen (secondary N) is 1. The lowest BCUT2D eigenvalue weighted by Crippen LogP contribution is -2.03. The van der Waals surface area contributed by atoms with E-state index in [0.29, 0.717) is 29.8 Å². The van der Waals surface area contributed by atoms with E-state index in [-0.39, 0.29) is 0 Å². The van der Waals surface area contributed by atoms with Crippen molar-refractivity contribution in [1.29, 1.82) is 0 Å². The molecule has 7 heteroatoms. The minimum Gasteiger partial charge on any atom is -0.477 e. The summed E-state index contributed by atoms with van der Waals surface area (Å²) in [6.45, 7) is 2.39. The molecule has 0 atom stereocenters. The number of hydrogen-bond acceptors (Lipinski definition) is 7. The van der Waals surface area contributed by atoms with E-state index in [9.17, 15) is 0 Å². The monoisotopic (exact) mass is 399 g/mol. The lowest BCUT2D eigenvalue weighted by Gasteiger charge is -2.13. The molecule has 30 heavy (non-hydrogen) atoms. The van der Waals surface area contributed by atoms with Gasteiger partial charge in [0, 0.05) is 35.4 Å². The van der Waals surface area contributed by atoms with Gasteiger partial charge in [-0.15, -0.1) is 0 Å². The van der Waals surface area contributed by atoms with Crippen molar-refractivity contribution < 1.29 is 9.15 Å². The Morgan fingerprint density at radius 1 is 1.10 bits per heavy atom. The molecule has 1 aromatic carbocycles. The molecule has 0 aliphatic rings. The van der Waals surface area contributed by atoms with Crippen LogP contribution in [-0.4, -0.2) is 21.6 Å². The number of nitrogen functional groups attached to an aromatic ring is 1. The van der Waals surface area contributed by atoms with Gasteiger partial charge in [0.2, 0.25) is 5.88 Å².